The summed E-state index contributed by atoms with van der Waals surface area (Å²) in [5.74, 6) is -0.00839. The lowest BCUT2D eigenvalue weighted by Gasteiger charge is -2.07. The van der Waals surface area contributed by atoms with Gasteiger partial charge in [-0.3, -0.25) is 24.8 Å². The molecule has 6 aromatic heterocycles. The Morgan fingerprint density at radius 1 is 0.892 bits per heavy atom. The van der Waals surface area contributed by atoms with Crippen LogP contribution in [-0.2, 0) is 4.79 Å². The average molecular weight is 489 g/mol. The number of amides is 1. The number of hydrogen-bond acceptors (Lipinski definition) is 6. The largest absolute Gasteiger partial charge is 0.352 e. The number of H-pyrrole nitrogens is 2. The Labute approximate surface area is 212 Å². The number of rotatable bonds is 7. The zero-order chi connectivity index (χ0) is 25.2. The summed E-state index contributed by atoms with van der Waals surface area (Å²) in [4.78, 5) is 33.1. The zero-order valence-corrected chi connectivity index (χ0v) is 20.2. The van der Waals surface area contributed by atoms with Crippen molar-refractivity contribution < 1.29 is 4.79 Å². The minimum absolute atomic E-state index is 0.00839. The number of anilines is 1. The van der Waals surface area contributed by atoms with Gasteiger partial charge in [-0.2, -0.15) is 5.10 Å². The molecule has 0 aliphatic heterocycles. The van der Waals surface area contributed by atoms with Crippen molar-refractivity contribution in [1.29, 1.82) is 0 Å². The van der Waals surface area contributed by atoms with Crippen LogP contribution in [0.3, 0.4) is 0 Å². The van der Waals surface area contributed by atoms with Crippen LogP contribution in [0.4, 0.5) is 5.69 Å². The fourth-order valence-electron chi connectivity index (χ4n) is 4.44. The molecule has 6 rings (SSSR count). The van der Waals surface area contributed by atoms with Crippen LogP contribution in [0, 0.1) is 0 Å². The highest BCUT2D eigenvalue weighted by molar-refractivity contribution is 6.00. The van der Waals surface area contributed by atoms with E-state index in [1.807, 2.05) is 36.7 Å². The summed E-state index contributed by atoms with van der Waals surface area (Å²) in [7, 11) is 0. The van der Waals surface area contributed by atoms with Gasteiger partial charge in [0.2, 0.25) is 5.91 Å². The molecule has 0 saturated heterocycles. The first kappa shape index (κ1) is 22.5. The molecule has 3 N–H and O–H groups in total. The van der Waals surface area contributed by atoms with Gasteiger partial charge in [-0.05, 0) is 42.3 Å². The van der Waals surface area contributed by atoms with E-state index in [-0.39, 0.29) is 5.91 Å². The number of unbranched alkanes of at least 4 members (excludes halogenated alkanes) is 1. The fraction of sp³-hybridized carbons (Fsp3) is 0.143. The molecule has 0 aliphatic rings. The monoisotopic (exact) mass is 488 g/mol. The molecule has 0 saturated carbocycles. The van der Waals surface area contributed by atoms with Gasteiger partial charge in [0, 0.05) is 64.9 Å². The summed E-state index contributed by atoms with van der Waals surface area (Å²) in [6, 6.07) is 9.99. The van der Waals surface area contributed by atoms with E-state index in [9.17, 15) is 4.79 Å². The maximum Gasteiger partial charge on any atom is 0.224 e. The SMILES string of the molecule is CCCCC(=O)Nc1cncc(-c2cnc3n[nH]c(-c4cc5c(-c6ccncc6)cncc5[nH]4)c3c2)c1. The van der Waals surface area contributed by atoms with Crippen molar-refractivity contribution in [3.8, 4) is 33.6 Å². The van der Waals surface area contributed by atoms with Crippen LogP contribution in [0.25, 0.3) is 55.6 Å². The summed E-state index contributed by atoms with van der Waals surface area (Å²) >= 11 is 0. The van der Waals surface area contributed by atoms with Crippen LogP contribution < -0.4 is 5.32 Å². The normalized spacial score (nSPS) is 11.3. The van der Waals surface area contributed by atoms with Crippen LogP contribution in [0.15, 0.2) is 73.7 Å². The van der Waals surface area contributed by atoms with Crippen molar-refractivity contribution in [3.63, 3.8) is 0 Å². The van der Waals surface area contributed by atoms with Gasteiger partial charge in [0.05, 0.1) is 35.0 Å². The highest BCUT2D eigenvalue weighted by atomic mass is 16.1. The second-order valence-electron chi connectivity index (χ2n) is 8.87. The minimum atomic E-state index is -0.00839. The van der Waals surface area contributed by atoms with Gasteiger partial charge < -0.3 is 10.3 Å². The molecule has 0 atom stereocenters. The Bertz CT molecular complexity index is 1720. The third-order valence-electron chi connectivity index (χ3n) is 6.33. The van der Waals surface area contributed by atoms with Gasteiger partial charge in [-0.25, -0.2) is 4.98 Å². The molecule has 6 aromatic rings. The van der Waals surface area contributed by atoms with Crippen LogP contribution in [0.5, 0.6) is 0 Å². The lowest BCUT2D eigenvalue weighted by atomic mass is 10.0. The molecule has 182 valence electrons. The molecule has 0 aromatic carbocycles. The number of pyridine rings is 4. The highest BCUT2D eigenvalue weighted by Crippen LogP contribution is 2.34. The average Bonchev–Trinajstić information content (AvgIpc) is 3.56. The van der Waals surface area contributed by atoms with Crippen molar-refractivity contribution in [3.05, 3.63) is 73.7 Å². The summed E-state index contributed by atoms with van der Waals surface area (Å²) in [5, 5.41) is 12.4. The molecule has 0 unspecified atom stereocenters. The number of nitrogens with zero attached hydrogens (tertiary/aromatic N) is 5. The zero-order valence-electron chi connectivity index (χ0n) is 20.2. The molecule has 0 aliphatic carbocycles. The number of carbonyl (C=O) groups excluding carboxylic acids is 1. The summed E-state index contributed by atoms with van der Waals surface area (Å²) in [5.41, 5.74) is 7.72. The van der Waals surface area contributed by atoms with E-state index in [1.54, 1.807) is 31.0 Å². The van der Waals surface area contributed by atoms with E-state index >= 15 is 0 Å². The quantitative estimate of drug-likeness (QED) is 0.263. The molecule has 0 radical (unpaired) electrons. The van der Waals surface area contributed by atoms with Gasteiger partial charge in [0.1, 0.15) is 0 Å². The molecule has 9 heteroatoms. The van der Waals surface area contributed by atoms with Gasteiger partial charge in [-0.15, -0.1) is 0 Å². The number of nitrogens with one attached hydrogen (secondary N) is 3. The predicted molar refractivity (Wildman–Crippen MR) is 144 cm³/mol. The van der Waals surface area contributed by atoms with Crippen molar-refractivity contribution in [1.82, 2.24) is 35.1 Å². The van der Waals surface area contributed by atoms with Crippen molar-refractivity contribution in [2.24, 2.45) is 0 Å². The van der Waals surface area contributed by atoms with Gasteiger partial charge in [0.15, 0.2) is 5.65 Å². The fourth-order valence-corrected chi connectivity index (χ4v) is 4.44. The number of hydrogen-bond donors (Lipinski definition) is 3. The van der Waals surface area contributed by atoms with Crippen LogP contribution >= 0.6 is 0 Å². The third-order valence-corrected chi connectivity index (χ3v) is 6.33. The first-order chi connectivity index (χ1) is 18.2. The standard InChI is InChI=1S/C28H24N8O/c1-2-3-4-26(37)33-20-9-18(12-30-14-20)19-10-22-27(35-36-28(22)32-13-19)24-11-21-23(15-31-16-25(21)34-24)17-5-7-29-8-6-17/h5-16,34H,2-4H2,1H3,(H,33,37)(H,32,35,36). The number of aromatic amines is 2. The Morgan fingerprint density at radius 3 is 2.59 bits per heavy atom. The first-order valence-corrected chi connectivity index (χ1v) is 12.2. The maximum absolute atomic E-state index is 12.2. The molecule has 0 spiro atoms. The van der Waals surface area contributed by atoms with Gasteiger partial charge in [-0.1, -0.05) is 13.3 Å². The molecule has 0 fully saturated rings. The Hall–Kier alpha value is -4.92. The van der Waals surface area contributed by atoms with E-state index in [1.165, 1.54) is 0 Å². The second kappa shape index (κ2) is 9.62. The summed E-state index contributed by atoms with van der Waals surface area (Å²) in [6.45, 7) is 2.06. The lowest BCUT2D eigenvalue weighted by molar-refractivity contribution is -0.116. The van der Waals surface area contributed by atoms with Crippen molar-refractivity contribution in [2.75, 3.05) is 5.32 Å². The van der Waals surface area contributed by atoms with E-state index < -0.39 is 0 Å². The van der Waals surface area contributed by atoms with E-state index in [0.717, 1.165) is 62.8 Å². The first-order valence-electron chi connectivity index (χ1n) is 12.2. The Kier molecular flexibility index (Phi) is 5.86. The molecule has 9 nitrogen and oxygen atoms in total. The molecule has 0 bridgehead atoms. The van der Waals surface area contributed by atoms with Crippen LogP contribution in [-0.4, -0.2) is 41.0 Å². The molecule has 37 heavy (non-hydrogen) atoms. The summed E-state index contributed by atoms with van der Waals surface area (Å²) < 4.78 is 0. The lowest BCUT2D eigenvalue weighted by Crippen LogP contribution is -2.11. The van der Waals surface area contributed by atoms with E-state index in [2.05, 4.69) is 53.4 Å². The number of aromatic nitrogens is 7. The van der Waals surface area contributed by atoms with Crippen molar-refractivity contribution in [2.45, 2.75) is 26.2 Å². The molecular formula is C28H24N8O. The van der Waals surface area contributed by atoms with E-state index in [0.29, 0.717) is 17.8 Å². The van der Waals surface area contributed by atoms with E-state index in [4.69, 9.17) is 0 Å². The third kappa shape index (κ3) is 4.42. The van der Waals surface area contributed by atoms with Crippen LogP contribution in [0.2, 0.25) is 0 Å². The number of fused-ring (bicyclic) bond motifs is 2. The van der Waals surface area contributed by atoms with Crippen LogP contribution in [0.1, 0.15) is 26.2 Å². The van der Waals surface area contributed by atoms with Crippen molar-refractivity contribution >= 4 is 33.5 Å². The predicted octanol–water partition coefficient (Wildman–Crippen LogP) is 5.75. The molecular weight excluding hydrogens is 464 g/mol. The maximum atomic E-state index is 12.2. The second-order valence-corrected chi connectivity index (χ2v) is 8.87. The van der Waals surface area contributed by atoms with Gasteiger partial charge in [0.25, 0.3) is 0 Å². The summed E-state index contributed by atoms with van der Waals surface area (Å²) in [6.07, 6.45) is 14.7. The Balaban J connectivity index is 1.37. The van der Waals surface area contributed by atoms with Gasteiger partial charge >= 0.3 is 0 Å². The Morgan fingerprint density at radius 2 is 1.73 bits per heavy atom. The molecule has 1 amide bonds. The molecule has 6 heterocycles. The number of carbonyl (C=O) groups is 1. The minimum Gasteiger partial charge on any atom is -0.352 e. The topological polar surface area (TPSA) is 125 Å². The smallest absolute Gasteiger partial charge is 0.224 e. The highest BCUT2D eigenvalue weighted by Gasteiger charge is 2.15.